The third-order valence-electron chi connectivity index (χ3n) is 4.51. The Kier molecular flexibility index (Phi) is 6.75. The molecule has 11 nitrogen and oxygen atoms in total. The fourth-order valence-electron chi connectivity index (χ4n) is 3.19. The molecule has 0 saturated carbocycles. The summed E-state index contributed by atoms with van der Waals surface area (Å²) in [5.74, 6) is -3.26. The SMILES string of the molecule is O=C(O)COCCOCCOc1cccc2c1C(=O)N(C1CCC(=O)NC1=O)C2=O. The molecule has 0 aromatic heterocycles. The monoisotopic (exact) mass is 420 g/mol. The van der Waals surface area contributed by atoms with Crippen LogP contribution in [-0.4, -0.2) is 78.7 Å². The number of imide groups is 2. The summed E-state index contributed by atoms with van der Waals surface area (Å²) < 4.78 is 15.7. The first-order valence-electron chi connectivity index (χ1n) is 9.25. The van der Waals surface area contributed by atoms with Crippen LogP contribution in [0.25, 0.3) is 0 Å². The van der Waals surface area contributed by atoms with E-state index in [0.717, 1.165) is 4.90 Å². The van der Waals surface area contributed by atoms with Gasteiger partial charge in [-0.3, -0.25) is 29.4 Å². The number of carbonyl (C=O) groups excluding carboxylic acids is 4. The van der Waals surface area contributed by atoms with Crippen LogP contribution < -0.4 is 10.1 Å². The van der Waals surface area contributed by atoms with Crippen molar-refractivity contribution in [2.45, 2.75) is 18.9 Å². The molecule has 1 atom stereocenters. The number of benzene rings is 1. The number of rotatable bonds is 10. The van der Waals surface area contributed by atoms with Crippen LogP contribution in [0.2, 0.25) is 0 Å². The largest absolute Gasteiger partial charge is 0.490 e. The maximum Gasteiger partial charge on any atom is 0.329 e. The van der Waals surface area contributed by atoms with Crippen molar-refractivity contribution < 1.29 is 43.3 Å². The number of carbonyl (C=O) groups is 5. The molecule has 160 valence electrons. The van der Waals surface area contributed by atoms with Gasteiger partial charge in [-0.15, -0.1) is 0 Å². The first-order chi connectivity index (χ1) is 14.4. The molecule has 1 unspecified atom stereocenters. The second-order valence-corrected chi connectivity index (χ2v) is 6.53. The Morgan fingerprint density at radius 1 is 1.07 bits per heavy atom. The maximum absolute atomic E-state index is 12.9. The van der Waals surface area contributed by atoms with Crippen LogP contribution in [0.1, 0.15) is 33.6 Å². The number of carboxylic acids is 1. The molecule has 1 fully saturated rings. The van der Waals surface area contributed by atoms with Crippen LogP contribution in [0.3, 0.4) is 0 Å². The molecule has 30 heavy (non-hydrogen) atoms. The lowest BCUT2D eigenvalue weighted by molar-refractivity contribution is -0.142. The van der Waals surface area contributed by atoms with Gasteiger partial charge >= 0.3 is 5.97 Å². The lowest BCUT2D eigenvalue weighted by atomic mass is 10.0. The van der Waals surface area contributed by atoms with Gasteiger partial charge in [0.2, 0.25) is 11.8 Å². The van der Waals surface area contributed by atoms with Gasteiger partial charge in [-0.05, 0) is 18.6 Å². The van der Waals surface area contributed by atoms with Gasteiger partial charge in [0.05, 0.1) is 30.9 Å². The number of aliphatic carboxylic acids is 1. The number of hydrogen-bond donors (Lipinski definition) is 2. The molecule has 2 aliphatic rings. The van der Waals surface area contributed by atoms with Crippen LogP contribution in [-0.2, 0) is 23.9 Å². The van der Waals surface area contributed by atoms with Crippen LogP contribution in [0, 0.1) is 0 Å². The zero-order chi connectivity index (χ0) is 21.7. The molecule has 1 aromatic rings. The summed E-state index contributed by atoms with van der Waals surface area (Å²) in [4.78, 5) is 60.2. The number of fused-ring (bicyclic) bond motifs is 1. The summed E-state index contributed by atoms with van der Waals surface area (Å²) in [6, 6.07) is 3.53. The van der Waals surface area contributed by atoms with E-state index in [4.69, 9.17) is 19.3 Å². The smallest absolute Gasteiger partial charge is 0.329 e. The van der Waals surface area contributed by atoms with E-state index in [9.17, 15) is 24.0 Å². The fourth-order valence-corrected chi connectivity index (χ4v) is 3.19. The number of hydrogen-bond acceptors (Lipinski definition) is 8. The van der Waals surface area contributed by atoms with Crippen molar-refractivity contribution in [1.29, 1.82) is 0 Å². The third-order valence-corrected chi connectivity index (χ3v) is 4.51. The Morgan fingerprint density at radius 3 is 2.53 bits per heavy atom. The molecule has 4 amide bonds. The van der Waals surface area contributed by atoms with Gasteiger partial charge in [0.15, 0.2) is 0 Å². The van der Waals surface area contributed by atoms with Gasteiger partial charge in [-0.2, -0.15) is 0 Å². The predicted octanol–water partition coefficient (Wildman–Crippen LogP) is -0.416. The highest BCUT2D eigenvalue weighted by molar-refractivity contribution is 6.24. The lowest BCUT2D eigenvalue weighted by Crippen LogP contribution is -2.54. The standard InChI is InChI=1S/C19H20N2O9/c22-14-5-4-12(17(25)20-14)21-18(26)11-2-1-3-13(16(11)19(21)27)30-9-8-28-6-7-29-10-15(23)24/h1-3,12H,4-10H2,(H,23,24)(H,20,22,25). The summed E-state index contributed by atoms with van der Waals surface area (Å²) in [5, 5.41) is 10.6. The molecule has 1 saturated heterocycles. The molecule has 2 aliphatic heterocycles. The molecule has 0 aliphatic carbocycles. The Bertz CT molecular complexity index is 883. The minimum absolute atomic E-state index is 0.0423. The first kappa shape index (κ1) is 21.4. The van der Waals surface area contributed by atoms with E-state index in [1.807, 2.05) is 0 Å². The van der Waals surface area contributed by atoms with Crippen LogP contribution >= 0.6 is 0 Å². The van der Waals surface area contributed by atoms with Gasteiger partial charge < -0.3 is 19.3 Å². The molecule has 3 rings (SSSR count). The van der Waals surface area contributed by atoms with Gasteiger partial charge in [0.25, 0.3) is 11.8 Å². The first-order valence-corrected chi connectivity index (χ1v) is 9.25. The number of carboxylic acid groups (broad SMARTS) is 1. The molecule has 0 radical (unpaired) electrons. The molecule has 0 spiro atoms. The predicted molar refractivity (Wildman–Crippen MR) is 97.9 cm³/mol. The van der Waals surface area contributed by atoms with Gasteiger partial charge in [-0.25, -0.2) is 4.79 Å². The Morgan fingerprint density at radius 2 is 1.80 bits per heavy atom. The zero-order valence-electron chi connectivity index (χ0n) is 15.9. The van der Waals surface area contributed by atoms with Crippen molar-refractivity contribution in [3.63, 3.8) is 0 Å². The second-order valence-electron chi connectivity index (χ2n) is 6.53. The summed E-state index contributed by atoms with van der Waals surface area (Å²) >= 11 is 0. The molecular weight excluding hydrogens is 400 g/mol. The Labute approximate surface area is 170 Å². The van der Waals surface area contributed by atoms with E-state index in [2.05, 4.69) is 5.32 Å². The Hall–Kier alpha value is -3.31. The van der Waals surface area contributed by atoms with E-state index in [0.29, 0.717) is 0 Å². The maximum atomic E-state index is 12.9. The van der Waals surface area contributed by atoms with E-state index in [1.165, 1.54) is 12.1 Å². The number of nitrogens with one attached hydrogen (secondary N) is 1. The number of nitrogens with zero attached hydrogens (tertiary/aromatic N) is 1. The lowest BCUT2D eigenvalue weighted by Gasteiger charge is -2.27. The third kappa shape index (κ3) is 4.63. The summed E-state index contributed by atoms with van der Waals surface area (Å²) in [6.07, 6.45) is 0.116. The molecule has 2 heterocycles. The average Bonchev–Trinajstić information content (AvgIpc) is 2.95. The van der Waals surface area contributed by atoms with Gasteiger partial charge in [0, 0.05) is 6.42 Å². The van der Waals surface area contributed by atoms with E-state index < -0.39 is 42.2 Å². The van der Waals surface area contributed by atoms with Crippen molar-refractivity contribution >= 4 is 29.6 Å². The minimum atomic E-state index is -1.07. The quantitative estimate of drug-likeness (QED) is 0.380. The molecule has 0 bridgehead atoms. The van der Waals surface area contributed by atoms with Gasteiger partial charge in [0.1, 0.15) is 25.0 Å². The fraction of sp³-hybridized carbons (Fsp3) is 0.421. The highest BCUT2D eigenvalue weighted by Gasteiger charge is 2.45. The topological polar surface area (TPSA) is 149 Å². The highest BCUT2D eigenvalue weighted by atomic mass is 16.5. The van der Waals surface area contributed by atoms with Crippen molar-refractivity contribution in [1.82, 2.24) is 10.2 Å². The van der Waals surface area contributed by atoms with Crippen LogP contribution in [0.5, 0.6) is 5.75 Å². The van der Waals surface area contributed by atoms with Crippen molar-refractivity contribution in [2.24, 2.45) is 0 Å². The molecule has 2 N–H and O–H groups in total. The number of piperidine rings is 1. The van der Waals surface area contributed by atoms with Crippen LogP contribution in [0.15, 0.2) is 18.2 Å². The average molecular weight is 420 g/mol. The molecule has 11 heteroatoms. The van der Waals surface area contributed by atoms with E-state index in [1.54, 1.807) is 6.07 Å². The highest BCUT2D eigenvalue weighted by Crippen LogP contribution is 2.33. The van der Waals surface area contributed by atoms with Gasteiger partial charge in [-0.1, -0.05) is 6.07 Å². The van der Waals surface area contributed by atoms with E-state index >= 15 is 0 Å². The Balaban J connectivity index is 1.58. The number of ether oxygens (including phenoxy) is 3. The summed E-state index contributed by atoms with van der Waals surface area (Å²) in [7, 11) is 0. The molecular formula is C19H20N2O9. The molecule has 1 aromatic carbocycles. The van der Waals surface area contributed by atoms with Crippen LogP contribution in [0.4, 0.5) is 0 Å². The van der Waals surface area contributed by atoms with Crippen molar-refractivity contribution in [2.75, 3.05) is 33.0 Å². The zero-order valence-corrected chi connectivity index (χ0v) is 15.9. The minimum Gasteiger partial charge on any atom is -0.490 e. The van der Waals surface area contributed by atoms with Crippen molar-refractivity contribution in [3.8, 4) is 5.75 Å². The van der Waals surface area contributed by atoms with E-state index in [-0.39, 0.29) is 56.1 Å². The number of amides is 4. The summed E-state index contributed by atoms with van der Waals surface area (Å²) in [6.45, 7) is 0.107. The summed E-state index contributed by atoms with van der Waals surface area (Å²) in [5.41, 5.74) is 0.196. The normalized spacial score (nSPS) is 18.4. The van der Waals surface area contributed by atoms with Crippen molar-refractivity contribution in [3.05, 3.63) is 29.3 Å². The second kappa shape index (κ2) is 9.46.